The summed E-state index contributed by atoms with van der Waals surface area (Å²) in [6.07, 6.45) is 3.52. The van der Waals surface area contributed by atoms with Gasteiger partial charge in [-0.25, -0.2) is 15.0 Å². The van der Waals surface area contributed by atoms with Crippen molar-refractivity contribution in [1.82, 2.24) is 24.9 Å². The number of thiophene rings is 1. The fourth-order valence-corrected chi connectivity index (χ4v) is 3.06. The summed E-state index contributed by atoms with van der Waals surface area (Å²) in [6, 6.07) is 8.22. The van der Waals surface area contributed by atoms with Crippen LogP contribution >= 0.6 is 11.3 Å². The molecule has 4 rings (SSSR count). The molecule has 0 bridgehead atoms. The maximum Gasteiger partial charge on any atom is 0.183 e. The molecular weight excluding hydrogens is 308 g/mol. The number of pyridine rings is 1. The van der Waals surface area contributed by atoms with Crippen LogP contribution in [0.2, 0.25) is 0 Å². The van der Waals surface area contributed by atoms with Crippen LogP contribution in [0.5, 0.6) is 0 Å². The number of fused-ring (bicyclic) bond motifs is 1. The molecule has 4 aromatic rings. The summed E-state index contributed by atoms with van der Waals surface area (Å²) in [5.41, 5.74) is 3.58. The number of imidazole rings is 1. The summed E-state index contributed by atoms with van der Waals surface area (Å²) in [6.45, 7) is 2.50. The van der Waals surface area contributed by atoms with Crippen LogP contribution in [-0.4, -0.2) is 24.9 Å². The lowest BCUT2D eigenvalue weighted by atomic mass is 10.2. The molecule has 4 heterocycles. The number of rotatable bonds is 4. The van der Waals surface area contributed by atoms with Crippen molar-refractivity contribution in [3.05, 3.63) is 53.6 Å². The van der Waals surface area contributed by atoms with Crippen molar-refractivity contribution in [2.45, 2.75) is 13.5 Å². The zero-order chi connectivity index (χ0) is 15.6. The van der Waals surface area contributed by atoms with Crippen LogP contribution in [0.3, 0.4) is 0 Å². The summed E-state index contributed by atoms with van der Waals surface area (Å²) in [4.78, 5) is 21.7. The van der Waals surface area contributed by atoms with E-state index in [-0.39, 0.29) is 0 Å². The van der Waals surface area contributed by atoms with Crippen molar-refractivity contribution in [3.8, 4) is 10.6 Å². The Hall–Kier alpha value is -2.80. The summed E-state index contributed by atoms with van der Waals surface area (Å²) in [5, 5.41) is 5.38. The third-order valence-electron chi connectivity index (χ3n) is 3.46. The van der Waals surface area contributed by atoms with Crippen LogP contribution in [0.15, 0.2) is 42.2 Å². The molecule has 0 fully saturated rings. The molecule has 0 saturated heterocycles. The molecule has 0 aliphatic carbocycles. The smallest absolute Gasteiger partial charge is 0.183 e. The van der Waals surface area contributed by atoms with Gasteiger partial charge >= 0.3 is 0 Å². The van der Waals surface area contributed by atoms with Gasteiger partial charge in [0, 0.05) is 12.7 Å². The minimum Gasteiger partial charge on any atom is -0.364 e. The summed E-state index contributed by atoms with van der Waals surface area (Å²) >= 11 is 1.69. The highest BCUT2D eigenvalue weighted by atomic mass is 32.1. The van der Waals surface area contributed by atoms with Gasteiger partial charge in [0.25, 0.3) is 0 Å². The molecule has 0 radical (unpaired) electrons. The largest absolute Gasteiger partial charge is 0.364 e. The van der Waals surface area contributed by atoms with E-state index in [0.29, 0.717) is 18.0 Å². The van der Waals surface area contributed by atoms with Gasteiger partial charge in [-0.05, 0) is 30.0 Å². The molecule has 0 aromatic carbocycles. The number of hydrogen-bond acceptors (Lipinski definition) is 6. The lowest BCUT2D eigenvalue weighted by molar-refractivity contribution is 1.04. The van der Waals surface area contributed by atoms with Crippen LogP contribution in [0.25, 0.3) is 21.7 Å². The van der Waals surface area contributed by atoms with Gasteiger partial charge in [0.2, 0.25) is 0 Å². The average molecular weight is 322 g/mol. The first-order chi connectivity index (χ1) is 11.3. The lowest BCUT2D eigenvalue weighted by Gasteiger charge is -2.07. The summed E-state index contributed by atoms with van der Waals surface area (Å²) in [5.74, 6) is 1.45. The Morgan fingerprint density at radius 2 is 2.13 bits per heavy atom. The van der Waals surface area contributed by atoms with Crippen LogP contribution in [0.1, 0.15) is 11.4 Å². The van der Waals surface area contributed by atoms with Crippen LogP contribution in [0.4, 0.5) is 5.82 Å². The van der Waals surface area contributed by atoms with Crippen molar-refractivity contribution in [1.29, 1.82) is 0 Å². The Labute approximate surface area is 136 Å². The molecule has 0 atom stereocenters. The van der Waals surface area contributed by atoms with E-state index in [2.05, 4.69) is 47.7 Å². The minimum absolute atomic E-state index is 0.641. The topological polar surface area (TPSA) is 79.4 Å². The third-order valence-corrected chi connectivity index (χ3v) is 4.35. The van der Waals surface area contributed by atoms with Crippen LogP contribution < -0.4 is 5.32 Å². The van der Waals surface area contributed by atoms with E-state index in [1.54, 1.807) is 17.7 Å². The molecule has 7 heteroatoms. The Bertz CT molecular complexity index is 927. The SMILES string of the molecule is Cc1nc(NCc2ccc(-c3cccs3)nc2)c2[nH]cnc2n1. The van der Waals surface area contributed by atoms with Gasteiger partial charge in [-0.1, -0.05) is 12.1 Å². The van der Waals surface area contributed by atoms with E-state index < -0.39 is 0 Å². The zero-order valence-electron chi connectivity index (χ0n) is 12.4. The second-order valence-corrected chi connectivity index (χ2v) is 6.05. The first kappa shape index (κ1) is 13.8. The molecule has 23 heavy (non-hydrogen) atoms. The molecule has 0 aliphatic heterocycles. The fraction of sp³-hybridized carbons (Fsp3) is 0.125. The highest BCUT2D eigenvalue weighted by Crippen LogP contribution is 2.23. The number of hydrogen-bond donors (Lipinski definition) is 2. The number of aryl methyl sites for hydroxylation is 1. The number of aromatic nitrogens is 5. The van der Waals surface area contributed by atoms with Gasteiger partial charge in [0.15, 0.2) is 11.5 Å². The predicted molar refractivity (Wildman–Crippen MR) is 91.3 cm³/mol. The van der Waals surface area contributed by atoms with Crippen molar-refractivity contribution in [3.63, 3.8) is 0 Å². The lowest BCUT2D eigenvalue weighted by Crippen LogP contribution is -2.04. The van der Waals surface area contributed by atoms with Crippen molar-refractivity contribution in [2.75, 3.05) is 5.32 Å². The second kappa shape index (κ2) is 5.77. The second-order valence-electron chi connectivity index (χ2n) is 5.10. The Balaban J connectivity index is 1.53. The van der Waals surface area contributed by atoms with Gasteiger partial charge in [-0.15, -0.1) is 11.3 Å². The van der Waals surface area contributed by atoms with E-state index in [0.717, 1.165) is 22.6 Å². The fourth-order valence-electron chi connectivity index (χ4n) is 2.35. The maximum atomic E-state index is 4.52. The molecule has 0 unspecified atom stereocenters. The predicted octanol–water partition coefficient (Wildman–Crippen LogP) is 3.40. The number of nitrogens with zero attached hydrogens (tertiary/aromatic N) is 4. The normalized spacial score (nSPS) is 11.0. The van der Waals surface area contributed by atoms with Gasteiger partial charge in [0.1, 0.15) is 11.3 Å². The maximum absolute atomic E-state index is 4.52. The van der Waals surface area contributed by atoms with Gasteiger partial charge < -0.3 is 10.3 Å². The van der Waals surface area contributed by atoms with E-state index >= 15 is 0 Å². The molecule has 0 aliphatic rings. The monoisotopic (exact) mass is 322 g/mol. The third kappa shape index (κ3) is 2.78. The van der Waals surface area contributed by atoms with Crippen molar-refractivity contribution >= 4 is 28.3 Å². The van der Waals surface area contributed by atoms with E-state index in [1.807, 2.05) is 25.3 Å². The standard InChI is InChI=1S/C16H14N6S/c1-10-21-15(14-16(22-10)20-9-19-14)18-8-11-4-5-12(17-7-11)13-3-2-6-23-13/h2-7,9H,8H2,1H3,(H2,18,19,20,21,22). The number of nitrogens with one attached hydrogen (secondary N) is 2. The number of aromatic amines is 1. The summed E-state index contributed by atoms with van der Waals surface area (Å²) < 4.78 is 0. The van der Waals surface area contributed by atoms with Gasteiger partial charge in [0.05, 0.1) is 16.9 Å². The molecule has 0 spiro atoms. The molecular formula is C16H14N6S. The number of anilines is 1. The molecule has 4 aromatic heterocycles. The Morgan fingerprint density at radius 1 is 1.17 bits per heavy atom. The molecule has 114 valence electrons. The molecule has 0 saturated carbocycles. The van der Waals surface area contributed by atoms with E-state index in [4.69, 9.17) is 0 Å². The van der Waals surface area contributed by atoms with Crippen molar-refractivity contribution < 1.29 is 0 Å². The van der Waals surface area contributed by atoms with Gasteiger partial charge in [-0.3, -0.25) is 4.98 Å². The highest BCUT2D eigenvalue weighted by molar-refractivity contribution is 7.13. The van der Waals surface area contributed by atoms with Crippen molar-refractivity contribution in [2.24, 2.45) is 0 Å². The first-order valence-corrected chi connectivity index (χ1v) is 8.08. The minimum atomic E-state index is 0.641. The average Bonchev–Trinajstić information content (AvgIpc) is 3.24. The van der Waals surface area contributed by atoms with Crippen LogP contribution in [-0.2, 0) is 6.54 Å². The molecule has 2 N–H and O–H groups in total. The quantitative estimate of drug-likeness (QED) is 0.602. The zero-order valence-corrected chi connectivity index (χ0v) is 13.3. The first-order valence-electron chi connectivity index (χ1n) is 7.20. The van der Waals surface area contributed by atoms with E-state index in [1.165, 1.54) is 4.88 Å². The van der Waals surface area contributed by atoms with Crippen LogP contribution in [0, 0.1) is 6.92 Å². The van der Waals surface area contributed by atoms with E-state index in [9.17, 15) is 0 Å². The van der Waals surface area contributed by atoms with Gasteiger partial charge in [-0.2, -0.15) is 0 Å². The molecule has 0 amide bonds. The Morgan fingerprint density at radius 3 is 2.91 bits per heavy atom. The Kier molecular flexibility index (Phi) is 3.47. The number of H-pyrrole nitrogens is 1. The molecule has 6 nitrogen and oxygen atoms in total. The highest BCUT2D eigenvalue weighted by Gasteiger charge is 2.08. The summed E-state index contributed by atoms with van der Waals surface area (Å²) in [7, 11) is 0.